The average Bonchev–Trinajstić information content (AvgIpc) is 3.85. The summed E-state index contributed by atoms with van der Waals surface area (Å²) >= 11 is 0. The van der Waals surface area contributed by atoms with E-state index >= 15 is 0 Å². The Kier molecular flexibility index (Phi) is 7.30. The van der Waals surface area contributed by atoms with Gasteiger partial charge in [0, 0.05) is 55.1 Å². The number of hydrogen-bond acceptors (Lipinski definition) is 2. The summed E-state index contributed by atoms with van der Waals surface area (Å²) in [7, 11) is 0.842. The van der Waals surface area contributed by atoms with Crippen LogP contribution in [0.5, 0.6) is 0 Å². The van der Waals surface area contributed by atoms with Gasteiger partial charge >= 0.3 is 0 Å². The number of anilines is 2. The first-order chi connectivity index (χ1) is 29.1. The highest BCUT2D eigenvalue weighted by molar-refractivity contribution is 6.73. The molecule has 4 heteroatoms. The molecule has 0 atom stereocenters. The van der Waals surface area contributed by atoms with Crippen LogP contribution in [-0.2, 0) is 21.7 Å². The first kappa shape index (κ1) is 36.8. The van der Waals surface area contributed by atoms with Crippen LogP contribution in [0.15, 0.2) is 126 Å². The number of aromatic nitrogens is 1. The van der Waals surface area contributed by atoms with Crippen molar-refractivity contribution in [2.24, 2.45) is 0 Å². The average molecular weight is 793 g/mol. The lowest BCUT2D eigenvalue weighted by Gasteiger charge is -2.42. The molecule has 0 spiro atoms. The minimum Gasteiger partial charge on any atom is -0.456 e. The molecule has 3 aliphatic rings. The molecule has 0 saturated carbocycles. The molecule has 12 rings (SSSR count). The molecular weight excluding hydrogens is 739 g/mol. The van der Waals surface area contributed by atoms with Crippen LogP contribution in [0.1, 0.15) is 103 Å². The van der Waals surface area contributed by atoms with Crippen LogP contribution in [0, 0.1) is 0 Å². The van der Waals surface area contributed by atoms with Crippen molar-refractivity contribution in [2.75, 3.05) is 5.32 Å². The monoisotopic (exact) mass is 792 g/mol. The maximum atomic E-state index is 6.55. The second kappa shape index (κ2) is 12.1. The highest BCUT2D eigenvalue weighted by Crippen LogP contribution is 2.52. The van der Waals surface area contributed by atoms with Crippen LogP contribution in [0.4, 0.5) is 11.4 Å². The molecule has 1 N–H and O–H groups in total. The summed E-state index contributed by atoms with van der Waals surface area (Å²) in [5.74, 6) is 0. The van der Waals surface area contributed by atoms with E-state index in [1.807, 2.05) is 0 Å². The third-order valence-corrected chi connectivity index (χ3v) is 15.2. The van der Waals surface area contributed by atoms with Crippen molar-refractivity contribution in [1.82, 2.24) is 4.57 Å². The third kappa shape index (κ3) is 5.11. The van der Waals surface area contributed by atoms with Crippen LogP contribution in [0.2, 0.25) is 0 Å². The molecule has 3 nitrogen and oxygen atoms in total. The Hall–Kier alpha value is -6.00. The van der Waals surface area contributed by atoms with Gasteiger partial charge in [0.25, 0.3) is 0 Å². The lowest BCUT2D eigenvalue weighted by atomic mass is 9.58. The lowest BCUT2D eigenvalue weighted by molar-refractivity contribution is 0.332. The number of hydrogen-bond donors (Lipinski definition) is 1. The fourth-order valence-corrected chi connectivity index (χ4v) is 11.6. The van der Waals surface area contributed by atoms with Crippen LogP contribution >= 0.6 is 0 Å². The summed E-state index contributed by atoms with van der Waals surface area (Å²) in [5, 5.41) is 8.94. The van der Waals surface area contributed by atoms with Gasteiger partial charge < -0.3 is 14.3 Å². The Morgan fingerprint density at radius 3 is 2.08 bits per heavy atom. The number of furan rings is 1. The van der Waals surface area contributed by atoms with Crippen LogP contribution in [0.25, 0.3) is 71.7 Å². The van der Waals surface area contributed by atoms with E-state index in [1.54, 1.807) is 0 Å². The van der Waals surface area contributed by atoms with Gasteiger partial charge in [0.15, 0.2) is 7.28 Å². The first-order valence-electron chi connectivity index (χ1n) is 22.4. The zero-order valence-electron chi connectivity index (χ0n) is 37.0. The summed E-state index contributed by atoms with van der Waals surface area (Å²) < 4.78 is 9.17. The smallest absolute Gasteiger partial charge is 0.198 e. The summed E-state index contributed by atoms with van der Waals surface area (Å²) in [6.07, 6.45) is 2.33. The Morgan fingerprint density at radius 1 is 0.590 bits per heavy atom. The molecule has 2 aliphatic carbocycles. The van der Waals surface area contributed by atoms with Crippen molar-refractivity contribution < 1.29 is 4.42 Å². The van der Waals surface area contributed by atoms with E-state index in [0.29, 0.717) is 0 Å². The van der Waals surface area contributed by atoms with Gasteiger partial charge in [0.2, 0.25) is 0 Å². The standard InChI is InChI=1S/C57H53BN2O/c1-54(2,3)32-18-20-33(21-19-32)59-45-30-43-42(55(4,5)26-27-56(43,6)7)28-39(45)35-22-23-37-50-46(24-25-49-51(50)36-15-11-13-17-48(36)61-49)60-47-31-41-38(29-44(47)58-52(35)53(37)60)34-14-10-12-16-40(34)57(41,8)9/h10-25,28-31,58-59H,26-27H2,1-9H3. The van der Waals surface area contributed by atoms with Crippen LogP contribution < -0.4 is 16.2 Å². The van der Waals surface area contributed by atoms with Gasteiger partial charge in [-0.3, -0.25) is 0 Å². The second-order valence-corrected chi connectivity index (χ2v) is 21.3. The molecule has 300 valence electrons. The number of nitrogens with zero attached hydrogens (tertiary/aromatic N) is 1. The highest BCUT2D eigenvalue weighted by Gasteiger charge is 2.40. The fourth-order valence-electron chi connectivity index (χ4n) is 11.6. The predicted octanol–water partition coefficient (Wildman–Crippen LogP) is 13.7. The SMILES string of the molecule is CC(C)(C)c1ccc(Nc2cc3c(cc2-c2ccc4c5c6c(ccc5n5c4c2Bc2cc4c(cc2-5)C(C)(C)c2ccccc2-4)oc2ccccc26)C(C)(C)CCC3(C)C)cc1. The fraction of sp³-hybridized carbons (Fsp3) is 0.263. The van der Waals surface area contributed by atoms with Gasteiger partial charge in [0.1, 0.15) is 11.2 Å². The molecule has 0 amide bonds. The van der Waals surface area contributed by atoms with E-state index in [-0.39, 0.29) is 21.7 Å². The van der Waals surface area contributed by atoms with Crippen molar-refractivity contribution >= 4 is 73.3 Å². The Labute approximate surface area is 360 Å². The minimum absolute atomic E-state index is 0.0595. The zero-order chi connectivity index (χ0) is 42.0. The largest absolute Gasteiger partial charge is 0.456 e. The number of nitrogens with one attached hydrogen (secondary N) is 1. The van der Waals surface area contributed by atoms with Gasteiger partial charge in [0.05, 0.1) is 5.52 Å². The quantitative estimate of drug-likeness (QED) is 0.181. The molecular formula is C57H53BN2O. The van der Waals surface area contributed by atoms with Gasteiger partial charge in [-0.25, -0.2) is 0 Å². The first-order valence-corrected chi connectivity index (χ1v) is 22.4. The zero-order valence-corrected chi connectivity index (χ0v) is 37.0. The van der Waals surface area contributed by atoms with E-state index in [2.05, 4.69) is 194 Å². The third-order valence-electron chi connectivity index (χ3n) is 15.2. The number of benzene rings is 7. The van der Waals surface area contributed by atoms with Crippen molar-refractivity contribution in [3.8, 4) is 27.9 Å². The topological polar surface area (TPSA) is 30.1 Å². The summed E-state index contributed by atoms with van der Waals surface area (Å²) in [5.41, 5.74) is 23.2. The molecule has 7 aromatic carbocycles. The molecule has 0 unspecified atom stereocenters. The number of rotatable bonds is 3. The van der Waals surface area contributed by atoms with Crippen molar-refractivity contribution in [2.45, 2.75) is 96.8 Å². The maximum absolute atomic E-state index is 6.55. The van der Waals surface area contributed by atoms with E-state index < -0.39 is 0 Å². The summed E-state index contributed by atoms with van der Waals surface area (Å²) in [6.45, 7) is 21.4. The molecule has 3 heterocycles. The molecule has 0 radical (unpaired) electrons. The van der Waals surface area contributed by atoms with Crippen LogP contribution in [0.3, 0.4) is 0 Å². The second-order valence-electron chi connectivity index (χ2n) is 21.3. The molecule has 9 aromatic rings. The van der Waals surface area contributed by atoms with E-state index in [1.165, 1.54) is 118 Å². The highest BCUT2D eigenvalue weighted by atomic mass is 16.3. The van der Waals surface area contributed by atoms with Crippen molar-refractivity contribution in [1.29, 1.82) is 0 Å². The lowest BCUT2D eigenvalue weighted by Crippen LogP contribution is -2.38. The van der Waals surface area contributed by atoms with Gasteiger partial charge in [-0.1, -0.05) is 141 Å². The predicted molar refractivity (Wildman–Crippen MR) is 261 cm³/mol. The summed E-state index contributed by atoms with van der Waals surface area (Å²) in [4.78, 5) is 0. The molecule has 0 saturated heterocycles. The van der Waals surface area contributed by atoms with Gasteiger partial charge in [-0.2, -0.15) is 0 Å². The molecule has 0 fully saturated rings. The Morgan fingerprint density at radius 2 is 1.31 bits per heavy atom. The normalized spacial score (nSPS) is 16.7. The minimum atomic E-state index is -0.103. The van der Waals surface area contributed by atoms with Crippen LogP contribution in [-0.4, -0.2) is 11.8 Å². The number of para-hydroxylation sites is 1. The summed E-state index contributed by atoms with van der Waals surface area (Å²) in [6, 6.07) is 46.2. The molecule has 0 bridgehead atoms. The molecule has 2 aromatic heterocycles. The number of fused-ring (bicyclic) bond motifs is 13. The van der Waals surface area contributed by atoms with Gasteiger partial charge in [-0.15, -0.1) is 0 Å². The van der Waals surface area contributed by atoms with E-state index in [0.717, 1.165) is 24.1 Å². The Bertz CT molecular complexity index is 3360. The van der Waals surface area contributed by atoms with Crippen molar-refractivity contribution in [3.05, 3.63) is 149 Å². The Balaban J connectivity index is 1.17. The maximum Gasteiger partial charge on any atom is 0.198 e. The van der Waals surface area contributed by atoms with Crippen molar-refractivity contribution in [3.63, 3.8) is 0 Å². The van der Waals surface area contributed by atoms with E-state index in [9.17, 15) is 0 Å². The van der Waals surface area contributed by atoms with Gasteiger partial charge in [-0.05, 0) is 128 Å². The molecule has 1 aliphatic heterocycles. The molecule has 61 heavy (non-hydrogen) atoms. The van der Waals surface area contributed by atoms with E-state index in [4.69, 9.17) is 4.42 Å².